The van der Waals surface area contributed by atoms with Crippen LogP contribution >= 0.6 is 0 Å². The first-order chi connectivity index (χ1) is 5.54. The van der Waals surface area contributed by atoms with E-state index in [0.29, 0.717) is 0 Å². The lowest BCUT2D eigenvalue weighted by Gasteiger charge is -2.29. The zero-order valence-electron chi connectivity index (χ0n) is 8.72. The zero-order chi connectivity index (χ0) is 9.61. The molecule has 0 saturated heterocycles. The third-order valence-electron chi connectivity index (χ3n) is 2.06. The van der Waals surface area contributed by atoms with Crippen molar-refractivity contribution in [1.29, 1.82) is 0 Å². The van der Waals surface area contributed by atoms with Crippen molar-refractivity contribution in [1.82, 2.24) is 10.2 Å². The normalized spacial score (nSPS) is 16.5. The molecule has 0 bridgehead atoms. The number of likely N-dealkylation sites (N-methyl/N-ethyl adjacent to an activating group) is 1. The van der Waals surface area contributed by atoms with Gasteiger partial charge in [-0.25, -0.2) is 0 Å². The summed E-state index contributed by atoms with van der Waals surface area (Å²) in [5, 5.41) is 12.4. The van der Waals surface area contributed by atoms with Gasteiger partial charge in [0, 0.05) is 5.54 Å². The summed E-state index contributed by atoms with van der Waals surface area (Å²) in [5.41, 5.74) is -0.112. The molecule has 0 rings (SSSR count). The van der Waals surface area contributed by atoms with Gasteiger partial charge in [-0.15, -0.1) is 0 Å². The van der Waals surface area contributed by atoms with Crippen molar-refractivity contribution in [2.75, 3.05) is 33.8 Å². The number of hydrogen-bond acceptors (Lipinski definition) is 3. The van der Waals surface area contributed by atoms with E-state index in [1.54, 1.807) is 0 Å². The summed E-state index contributed by atoms with van der Waals surface area (Å²) in [7, 11) is 4.09. The lowest BCUT2D eigenvalue weighted by atomic mass is 9.99. The summed E-state index contributed by atoms with van der Waals surface area (Å²) in [6.45, 7) is 6.23. The highest BCUT2D eigenvalue weighted by Crippen LogP contribution is 2.08. The van der Waals surface area contributed by atoms with E-state index < -0.39 is 0 Å². The van der Waals surface area contributed by atoms with Gasteiger partial charge in [0.05, 0.1) is 6.61 Å². The van der Waals surface area contributed by atoms with Crippen LogP contribution in [0.5, 0.6) is 0 Å². The number of aliphatic hydroxyl groups excluding tert-OH is 1. The van der Waals surface area contributed by atoms with Crippen molar-refractivity contribution in [3.63, 3.8) is 0 Å². The lowest BCUT2D eigenvalue weighted by Crippen LogP contribution is -2.47. The Morgan fingerprint density at radius 2 is 2.00 bits per heavy atom. The summed E-state index contributed by atoms with van der Waals surface area (Å²) in [4.78, 5) is 2.13. The first-order valence-corrected chi connectivity index (χ1v) is 4.54. The predicted molar refractivity (Wildman–Crippen MR) is 52.3 cm³/mol. The monoisotopic (exact) mass is 174 g/mol. The van der Waals surface area contributed by atoms with Crippen molar-refractivity contribution >= 4 is 0 Å². The molecule has 0 amide bonds. The highest BCUT2D eigenvalue weighted by Gasteiger charge is 2.21. The molecule has 12 heavy (non-hydrogen) atoms. The van der Waals surface area contributed by atoms with Gasteiger partial charge < -0.3 is 15.3 Å². The quantitative estimate of drug-likeness (QED) is 0.608. The van der Waals surface area contributed by atoms with Gasteiger partial charge in [0.15, 0.2) is 0 Å². The molecule has 1 unspecified atom stereocenters. The van der Waals surface area contributed by atoms with E-state index in [1.165, 1.54) is 0 Å². The van der Waals surface area contributed by atoms with Crippen LogP contribution in [0.4, 0.5) is 0 Å². The SMILES string of the molecule is CCNC(C)(CO)CCN(C)C. The molecular weight excluding hydrogens is 152 g/mol. The van der Waals surface area contributed by atoms with Crippen LogP contribution in [-0.2, 0) is 0 Å². The second-order valence-electron chi connectivity index (χ2n) is 3.80. The zero-order valence-corrected chi connectivity index (χ0v) is 8.72. The number of nitrogens with one attached hydrogen (secondary N) is 1. The van der Waals surface area contributed by atoms with Crippen LogP contribution in [0.2, 0.25) is 0 Å². The molecule has 0 aliphatic carbocycles. The Bertz CT molecular complexity index is 117. The lowest BCUT2D eigenvalue weighted by molar-refractivity contribution is 0.157. The number of aliphatic hydroxyl groups is 1. The highest BCUT2D eigenvalue weighted by molar-refractivity contribution is 4.82. The molecule has 0 aromatic carbocycles. The highest BCUT2D eigenvalue weighted by atomic mass is 16.3. The first-order valence-electron chi connectivity index (χ1n) is 4.54. The van der Waals surface area contributed by atoms with Crippen LogP contribution < -0.4 is 5.32 Å². The van der Waals surface area contributed by atoms with Gasteiger partial charge in [-0.1, -0.05) is 6.92 Å². The van der Waals surface area contributed by atoms with Crippen molar-refractivity contribution < 1.29 is 5.11 Å². The van der Waals surface area contributed by atoms with E-state index in [1.807, 2.05) is 14.1 Å². The van der Waals surface area contributed by atoms with Gasteiger partial charge >= 0.3 is 0 Å². The second kappa shape index (κ2) is 5.51. The third-order valence-corrected chi connectivity index (χ3v) is 2.06. The van der Waals surface area contributed by atoms with E-state index in [-0.39, 0.29) is 12.1 Å². The Morgan fingerprint density at radius 3 is 2.33 bits per heavy atom. The van der Waals surface area contributed by atoms with E-state index >= 15 is 0 Å². The van der Waals surface area contributed by atoms with E-state index in [2.05, 4.69) is 24.1 Å². The summed E-state index contributed by atoms with van der Waals surface area (Å²) in [6.07, 6.45) is 0.977. The first kappa shape index (κ1) is 11.9. The van der Waals surface area contributed by atoms with Gasteiger partial charge in [0.1, 0.15) is 0 Å². The fraction of sp³-hybridized carbons (Fsp3) is 1.00. The van der Waals surface area contributed by atoms with Crippen molar-refractivity contribution in [3.8, 4) is 0 Å². The molecule has 0 aromatic heterocycles. The maximum Gasteiger partial charge on any atom is 0.0611 e. The van der Waals surface area contributed by atoms with Crippen LogP contribution in [0.3, 0.4) is 0 Å². The van der Waals surface area contributed by atoms with Gasteiger partial charge in [-0.2, -0.15) is 0 Å². The van der Waals surface area contributed by atoms with E-state index in [4.69, 9.17) is 5.11 Å². The Labute approximate surface area is 75.8 Å². The minimum Gasteiger partial charge on any atom is -0.394 e. The second-order valence-corrected chi connectivity index (χ2v) is 3.80. The van der Waals surface area contributed by atoms with E-state index in [9.17, 15) is 0 Å². The molecule has 0 radical (unpaired) electrons. The molecule has 0 aromatic rings. The maximum atomic E-state index is 9.15. The average Bonchev–Trinajstić information content (AvgIpc) is 2.02. The molecule has 0 heterocycles. The number of rotatable bonds is 6. The van der Waals surface area contributed by atoms with Gasteiger partial charge in [-0.3, -0.25) is 0 Å². The van der Waals surface area contributed by atoms with Crippen LogP contribution in [0.1, 0.15) is 20.3 Å². The largest absolute Gasteiger partial charge is 0.394 e. The summed E-state index contributed by atoms with van der Waals surface area (Å²) < 4.78 is 0. The summed E-state index contributed by atoms with van der Waals surface area (Å²) in [5.74, 6) is 0. The minimum atomic E-state index is -0.112. The Hall–Kier alpha value is -0.120. The van der Waals surface area contributed by atoms with Crippen LogP contribution in [-0.4, -0.2) is 49.3 Å². The molecule has 74 valence electrons. The smallest absolute Gasteiger partial charge is 0.0611 e. The third kappa shape index (κ3) is 4.70. The Morgan fingerprint density at radius 1 is 1.42 bits per heavy atom. The number of hydrogen-bond donors (Lipinski definition) is 2. The molecular formula is C9H22N2O. The molecule has 2 N–H and O–H groups in total. The summed E-state index contributed by atoms with van der Waals surface area (Å²) in [6, 6.07) is 0. The van der Waals surface area contributed by atoms with E-state index in [0.717, 1.165) is 19.5 Å². The molecule has 3 nitrogen and oxygen atoms in total. The van der Waals surface area contributed by atoms with Crippen molar-refractivity contribution in [3.05, 3.63) is 0 Å². The fourth-order valence-corrected chi connectivity index (χ4v) is 1.12. The average molecular weight is 174 g/mol. The van der Waals surface area contributed by atoms with Crippen LogP contribution in [0.25, 0.3) is 0 Å². The standard InChI is InChI=1S/C9H22N2O/c1-5-10-9(2,8-12)6-7-11(3)4/h10,12H,5-8H2,1-4H3. The van der Waals surface area contributed by atoms with Crippen molar-refractivity contribution in [2.45, 2.75) is 25.8 Å². The molecule has 1 atom stereocenters. The molecule has 0 fully saturated rings. The maximum absolute atomic E-state index is 9.15. The van der Waals surface area contributed by atoms with Gasteiger partial charge in [0.25, 0.3) is 0 Å². The van der Waals surface area contributed by atoms with Crippen LogP contribution in [0.15, 0.2) is 0 Å². The molecule has 0 spiro atoms. The van der Waals surface area contributed by atoms with Gasteiger partial charge in [0.2, 0.25) is 0 Å². The fourth-order valence-electron chi connectivity index (χ4n) is 1.12. The Kier molecular flexibility index (Phi) is 5.46. The molecule has 0 aliphatic rings. The topological polar surface area (TPSA) is 35.5 Å². The minimum absolute atomic E-state index is 0.112. The molecule has 3 heteroatoms. The summed E-state index contributed by atoms with van der Waals surface area (Å²) >= 11 is 0. The number of nitrogens with zero attached hydrogens (tertiary/aromatic N) is 1. The van der Waals surface area contributed by atoms with Crippen LogP contribution in [0, 0.1) is 0 Å². The van der Waals surface area contributed by atoms with Crippen molar-refractivity contribution in [2.24, 2.45) is 0 Å². The molecule has 0 saturated carbocycles. The predicted octanol–water partition coefficient (Wildman–Crippen LogP) is 0.299. The molecule has 0 aliphatic heterocycles. The van der Waals surface area contributed by atoms with Gasteiger partial charge in [-0.05, 0) is 40.5 Å². The Balaban J connectivity index is 3.78.